The lowest BCUT2D eigenvalue weighted by molar-refractivity contribution is -0.124. The third-order valence-corrected chi connectivity index (χ3v) is 6.02. The maximum absolute atomic E-state index is 13.3. The third kappa shape index (κ3) is 3.59. The fourth-order valence-corrected chi connectivity index (χ4v) is 4.58. The van der Waals surface area contributed by atoms with E-state index < -0.39 is 11.9 Å². The molecule has 0 radical (unpaired) electrons. The zero-order valence-corrected chi connectivity index (χ0v) is 16.3. The highest BCUT2D eigenvalue weighted by molar-refractivity contribution is 7.99. The Morgan fingerprint density at radius 2 is 2.11 bits per heavy atom. The van der Waals surface area contributed by atoms with Crippen molar-refractivity contribution in [2.75, 3.05) is 11.6 Å². The number of aromatic nitrogens is 1. The molecule has 5 nitrogen and oxygen atoms in total. The van der Waals surface area contributed by atoms with E-state index in [-0.39, 0.29) is 23.4 Å². The molecule has 2 heterocycles. The molecule has 3 aromatic rings. The second-order valence-electron chi connectivity index (χ2n) is 6.50. The first-order chi connectivity index (χ1) is 13.5. The van der Waals surface area contributed by atoms with Gasteiger partial charge in [-0.1, -0.05) is 35.9 Å². The molecule has 2 aromatic carbocycles. The maximum Gasteiger partial charge on any atom is 0.257 e. The van der Waals surface area contributed by atoms with Gasteiger partial charge in [0.05, 0.1) is 16.5 Å². The van der Waals surface area contributed by atoms with Gasteiger partial charge in [-0.15, -0.1) is 11.8 Å². The second-order valence-corrected chi connectivity index (χ2v) is 7.91. The molecule has 0 saturated carbocycles. The van der Waals surface area contributed by atoms with Crippen LogP contribution in [0.25, 0.3) is 10.9 Å². The molecule has 1 atom stereocenters. The van der Waals surface area contributed by atoms with Crippen molar-refractivity contribution < 1.29 is 14.0 Å². The zero-order chi connectivity index (χ0) is 19.7. The average molecular weight is 418 g/mol. The highest BCUT2D eigenvalue weighted by Gasteiger charge is 2.35. The predicted molar refractivity (Wildman–Crippen MR) is 109 cm³/mol. The fraction of sp³-hybridized carbons (Fsp3) is 0.200. The summed E-state index contributed by atoms with van der Waals surface area (Å²) in [4.78, 5) is 30.4. The van der Waals surface area contributed by atoms with Crippen molar-refractivity contribution in [3.8, 4) is 0 Å². The van der Waals surface area contributed by atoms with Crippen molar-refractivity contribution in [3.63, 3.8) is 0 Å². The van der Waals surface area contributed by atoms with Gasteiger partial charge in [-0.3, -0.25) is 9.59 Å². The van der Waals surface area contributed by atoms with Crippen LogP contribution in [0.5, 0.6) is 0 Å². The first-order valence-electron chi connectivity index (χ1n) is 8.71. The van der Waals surface area contributed by atoms with E-state index in [1.165, 1.54) is 23.9 Å². The number of para-hydroxylation sites is 1. The Morgan fingerprint density at radius 3 is 2.93 bits per heavy atom. The number of benzene rings is 2. The molecule has 0 aliphatic carbocycles. The van der Waals surface area contributed by atoms with Crippen molar-refractivity contribution in [1.82, 2.24) is 15.2 Å². The van der Waals surface area contributed by atoms with Crippen LogP contribution in [0.15, 0.2) is 48.7 Å². The van der Waals surface area contributed by atoms with Crippen LogP contribution in [-0.2, 0) is 11.3 Å². The summed E-state index contributed by atoms with van der Waals surface area (Å²) >= 11 is 7.32. The molecule has 1 aromatic heterocycles. The molecule has 1 unspecified atom stereocenters. The van der Waals surface area contributed by atoms with E-state index >= 15 is 0 Å². The van der Waals surface area contributed by atoms with Crippen LogP contribution in [0.1, 0.15) is 15.9 Å². The smallest absolute Gasteiger partial charge is 0.257 e. The summed E-state index contributed by atoms with van der Waals surface area (Å²) < 4.78 is 13.3. The van der Waals surface area contributed by atoms with Crippen LogP contribution in [0.4, 0.5) is 4.39 Å². The van der Waals surface area contributed by atoms with E-state index in [0.717, 1.165) is 10.9 Å². The van der Waals surface area contributed by atoms with E-state index in [9.17, 15) is 14.0 Å². The second kappa shape index (κ2) is 7.85. The summed E-state index contributed by atoms with van der Waals surface area (Å²) in [6.07, 6.45) is 1.69. The summed E-state index contributed by atoms with van der Waals surface area (Å²) in [5, 5.41) is 3.67. The van der Waals surface area contributed by atoms with Crippen molar-refractivity contribution in [2.45, 2.75) is 12.6 Å². The molecular weight excluding hydrogens is 401 g/mol. The molecule has 4 rings (SSSR count). The molecular formula is C20H17ClFN3O2S. The van der Waals surface area contributed by atoms with Gasteiger partial charge < -0.3 is 15.2 Å². The lowest BCUT2D eigenvalue weighted by Gasteiger charge is -2.23. The maximum atomic E-state index is 13.3. The SMILES string of the molecule is O=C(NCc1ccc(F)c(Cl)c1)C1CSCN1C(=O)c1c[nH]c2ccccc12. The minimum absolute atomic E-state index is 0.0133. The monoisotopic (exact) mass is 417 g/mol. The summed E-state index contributed by atoms with van der Waals surface area (Å²) in [7, 11) is 0. The summed E-state index contributed by atoms with van der Waals surface area (Å²) in [6.45, 7) is 0.217. The Balaban J connectivity index is 1.47. The molecule has 28 heavy (non-hydrogen) atoms. The molecule has 2 N–H and O–H groups in total. The summed E-state index contributed by atoms with van der Waals surface area (Å²) in [5.74, 6) is 0.0774. The number of nitrogens with one attached hydrogen (secondary N) is 2. The van der Waals surface area contributed by atoms with Crippen LogP contribution >= 0.6 is 23.4 Å². The number of halogens is 2. The molecule has 1 saturated heterocycles. The molecule has 2 amide bonds. The molecule has 0 bridgehead atoms. The Labute approximate surface area is 170 Å². The van der Waals surface area contributed by atoms with Crippen molar-refractivity contribution in [1.29, 1.82) is 0 Å². The van der Waals surface area contributed by atoms with Gasteiger partial charge in [-0.25, -0.2) is 4.39 Å². The van der Waals surface area contributed by atoms with Crippen LogP contribution in [0, 0.1) is 5.82 Å². The van der Waals surface area contributed by atoms with Crippen molar-refractivity contribution in [2.24, 2.45) is 0 Å². The number of H-pyrrole nitrogens is 1. The number of rotatable bonds is 4. The molecule has 1 aliphatic heterocycles. The topological polar surface area (TPSA) is 65.2 Å². The van der Waals surface area contributed by atoms with Gasteiger partial charge in [0.15, 0.2) is 0 Å². The molecule has 0 spiro atoms. The van der Waals surface area contributed by atoms with Crippen LogP contribution in [-0.4, -0.2) is 39.4 Å². The molecule has 1 fully saturated rings. The number of hydrogen-bond donors (Lipinski definition) is 2. The third-order valence-electron chi connectivity index (χ3n) is 4.72. The first-order valence-corrected chi connectivity index (χ1v) is 10.2. The van der Waals surface area contributed by atoms with Gasteiger partial charge in [0.25, 0.3) is 5.91 Å². The van der Waals surface area contributed by atoms with E-state index in [1.807, 2.05) is 24.3 Å². The summed E-state index contributed by atoms with van der Waals surface area (Å²) in [6, 6.07) is 11.3. The Bertz CT molecular complexity index is 1050. The number of amides is 2. The first kappa shape index (κ1) is 18.8. The van der Waals surface area contributed by atoms with E-state index in [0.29, 0.717) is 22.8 Å². The van der Waals surface area contributed by atoms with Crippen molar-refractivity contribution in [3.05, 3.63) is 70.6 Å². The van der Waals surface area contributed by atoms with Gasteiger partial charge in [-0.2, -0.15) is 0 Å². The minimum Gasteiger partial charge on any atom is -0.360 e. The largest absolute Gasteiger partial charge is 0.360 e. The number of carbonyl (C=O) groups excluding carboxylic acids is 2. The van der Waals surface area contributed by atoms with Crippen LogP contribution in [0.2, 0.25) is 5.02 Å². The zero-order valence-electron chi connectivity index (χ0n) is 14.7. The number of thioether (sulfide) groups is 1. The Kier molecular flexibility index (Phi) is 5.28. The normalized spacial score (nSPS) is 16.5. The van der Waals surface area contributed by atoms with Gasteiger partial charge in [0, 0.05) is 29.4 Å². The van der Waals surface area contributed by atoms with Crippen molar-refractivity contribution >= 4 is 46.1 Å². The lowest BCUT2D eigenvalue weighted by Crippen LogP contribution is -2.47. The predicted octanol–water partition coefficient (Wildman–Crippen LogP) is 3.79. The van der Waals surface area contributed by atoms with Gasteiger partial charge in [-0.05, 0) is 23.8 Å². The summed E-state index contributed by atoms with van der Waals surface area (Å²) in [5.41, 5.74) is 2.13. The van der Waals surface area contributed by atoms with E-state index in [4.69, 9.17) is 11.6 Å². The Morgan fingerprint density at radius 1 is 1.29 bits per heavy atom. The molecule has 1 aliphatic rings. The number of carbonyl (C=O) groups is 2. The highest BCUT2D eigenvalue weighted by atomic mass is 35.5. The highest BCUT2D eigenvalue weighted by Crippen LogP contribution is 2.26. The minimum atomic E-state index is -0.554. The van der Waals surface area contributed by atoms with Crippen LogP contribution in [0.3, 0.4) is 0 Å². The lowest BCUT2D eigenvalue weighted by atomic mass is 10.1. The van der Waals surface area contributed by atoms with Gasteiger partial charge in [0.2, 0.25) is 5.91 Å². The van der Waals surface area contributed by atoms with E-state index in [2.05, 4.69) is 10.3 Å². The molecule has 144 valence electrons. The fourth-order valence-electron chi connectivity index (χ4n) is 3.22. The average Bonchev–Trinajstić information content (AvgIpc) is 3.35. The standard InChI is InChI=1S/C20H17ClFN3O2S/c21-15-7-12(5-6-16(15)22)8-24-19(26)18-10-28-11-25(18)20(27)14-9-23-17-4-2-1-3-13(14)17/h1-7,9,18,23H,8,10-11H2,(H,24,26). The number of hydrogen-bond acceptors (Lipinski definition) is 3. The quantitative estimate of drug-likeness (QED) is 0.678. The number of nitrogens with zero attached hydrogens (tertiary/aromatic N) is 1. The number of aromatic amines is 1. The van der Waals surface area contributed by atoms with Gasteiger partial charge in [0.1, 0.15) is 11.9 Å². The Hall–Kier alpha value is -2.51. The van der Waals surface area contributed by atoms with E-state index in [1.54, 1.807) is 17.2 Å². The van der Waals surface area contributed by atoms with Gasteiger partial charge >= 0.3 is 0 Å². The van der Waals surface area contributed by atoms with Crippen LogP contribution < -0.4 is 5.32 Å². The number of fused-ring (bicyclic) bond motifs is 1. The molecule has 8 heteroatoms.